The Morgan fingerprint density at radius 1 is 1.26 bits per heavy atom. The quantitative estimate of drug-likeness (QED) is 0.796. The highest BCUT2D eigenvalue weighted by molar-refractivity contribution is 7.92. The zero-order valence-electron chi connectivity index (χ0n) is 11.0. The van der Waals surface area contributed by atoms with Crippen LogP contribution < -0.4 is 10.5 Å². The van der Waals surface area contributed by atoms with Gasteiger partial charge in [-0.15, -0.1) is 0 Å². The van der Waals surface area contributed by atoms with Gasteiger partial charge in [-0.25, -0.2) is 8.42 Å². The lowest BCUT2D eigenvalue weighted by Crippen LogP contribution is -2.15. The number of nitrogen functional groups attached to an aromatic ring is 1. The monoisotopic (exact) mass is 280 g/mol. The van der Waals surface area contributed by atoms with Crippen molar-refractivity contribution in [2.24, 2.45) is 0 Å². The minimum atomic E-state index is -3.68. The first kappa shape index (κ1) is 13.4. The molecule has 1 heterocycles. The van der Waals surface area contributed by atoms with Crippen LogP contribution >= 0.6 is 0 Å². The number of aromatic nitrogens is 2. The van der Waals surface area contributed by atoms with Crippen molar-refractivity contribution in [3.05, 3.63) is 35.0 Å². The van der Waals surface area contributed by atoms with Crippen LogP contribution in [0.3, 0.4) is 0 Å². The number of aromatic amines is 1. The number of nitrogens with two attached hydrogens (primary N) is 1. The van der Waals surface area contributed by atoms with Crippen LogP contribution in [0.1, 0.15) is 16.8 Å². The Hall–Kier alpha value is -2.02. The fourth-order valence-electron chi connectivity index (χ4n) is 1.80. The largest absolute Gasteiger partial charge is 0.394 e. The van der Waals surface area contributed by atoms with Crippen LogP contribution in [0.25, 0.3) is 0 Å². The van der Waals surface area contributed by atoms with Gasteiger partial charge in [0.25, 0.3) is 10.0 Å². The summed E-state index contributed by atoms with van der Waals surface area (Å²) in [5, 5.41) is 6.47. The van der Waals surface area contributed by atoms with Gasteiger partial charge in [0, 0.05) is 0 Å². The first-order chi connectivity index (χ1) is 8.81. The number of nitrogens with one attached hydrogen (secondary N) is 2. The van der Waals surface area contributed by atoms with E-state index in [4.69, 9.17) is 5.73 Å². The van der Waals surface area contributed by atoms with Crippen molar-refractivity contribution in [2.45, 2.75) is 25.7 Å². The SMILES string of the molecule is Cc1ccc(S(=O)(=O)Nc2n[nH]c(C)c2N)c(C)c1. The molecule has 1 aromatic carbocycles. The van der Waals surface area contributed by atoms with Crippen molar-refractivity contribution in [1.29, 1.82) is 0 Å². The summed E-state index contributed by atoms with van der Waals surface area (Å²) in [5.41, 5.74) is 8.34. The van der Waals surface area contributed by atoms with E-state index in [1.807, 2.05) is 13.0 Å². The lowest BCUT2D eigenvalue weighted by Gasteiger charge is -2.09. The third-order valence-electron chi connectivity index (χ3n) is 2.85. The van der Waals surface area contributed by atoms with E-state index in [0.29, 0.717) is 16.9 Å². The Bertz CT molecular complexity index is 719. The molecular weight excluding hydrogens is 264 g/mol. The number of H-pyrrole nitrogens is 1. The molecule has 0 fully saturated rings. The summed E-state index contributed by atoms with van der Waals surface area (Å²) in [6.45, 7) is 5.38. The second-order valence-electron chi connectivity index (χ2n) is 4.49. The van der Waals surface area contributed by atoms with Crippen molar-refractivity contribution >= 4 is 21.5 Å². The number of nitrogens with zero attached hydrogens (tertiary/aromatic N) is 1. The zero-order valence-corrected chi connectivity index (χ0v) is 11.8. The molecule has 2 aromatic rings. The lowest BCUT2D eigenvalue weighted by molar-refractivity contribution is 0.600. The van der Waals surface area contributed by atoms with E-state index in [1.54, 1.807) is 26.0 Å². The molecule has 2 rings (SSSR count). The van der Waals surface area contributed by atoms with Crippen molar-refractivity contribution < 1.29 is 8.42 Å². The maximum atomic E-state index is 12.3. The van der Waals surface area contributed by atoms with E-state index in [1.165, 1.54) is 0 Å². The van der Waals surface area contributed by atoms with Crippen molar-refractivity contribution in [1.82, 2.24) is 10.2 Å². The second kappa shape index (κ2) is 4.58. The molecule has 7 heteroatoms. The number of aryl methyl sites for hydroxylation is 3. The van der Waals surface area contributed by atoms with Crippen LogP contribution in [-0.4, -0.2) is 18.6 Å². The van der Waals surface area contributed by atoms with E-state index in [0.717, 1.165) is 5.56 Å². The normalized spacial score (nSPS) is 11.5. The van der Waals surface area contributed by atoms with Crippen molar-refractivity contribution in [2.75, 3.05) is 10.5 Å². The van der Waals surface area contributed by atoms with E-state index >= 15 is 0 Å². The molecule has 0 saturated heterocycles. The van der Waals surface area contributed by atoms with E-state index in [9.17, 15) is 8.42 Å². The van der Waals surface area contributed by atoms with Crippen LogP contribution in [0, 0.1) is 20.8 Å². The van der Waals surface area contributed by atoms with Gasteiger partial charge < -0.3 is 5.73 Å². The Kier molecular flexibility index (Phi) is 3.23. The summed E-state index contributed by atoms with van der Waals surface area (Å²) in [6.07, 6.45) is 0. The molecule has 0 spiro atoms. The van der Waals surface area contributed by atoms with Gasteiger partial charge in [-0.3, -0.25) is 9.82 Å². The van der Waals surface area contributed by atoms with Gasteiger partial charge in [-0.05, 0) is 32.4 Å². The van der Waals surface area contributed by atoms with Gasteiger partial charge in [0.2, 0.25) is 0 Å². The molecule has 0 amide bonds. The number of rotatable bonds is 3. The highest BCUT2D eigenvalue weighted by Gasteiger charge is 2.19. The number of hydrogen-bond donors (Lipinski definition) is 3. The van der Waals surface area contributed by atoms with Crippen LogP contribution in [-0.2, 0) is 10.0 Å². The Morgan fingerprint density at radius 2 is 1.95 bits per heavy atom. The maximum absolute atomic E-state index is 12.3. The molecule has 19 heavy (non-hydrogen) atoms. The van der Waals surface area contributed by atoms with Crippen LogP contribution in [0.4, 0.5) is 11.5 Å². The molecular formula is C12H16N4O2S. The molecule has 0 saturated carbocycles. The minimum absolute atomic E-state index is 0.123. The number of benzene rings is 1. The van der Waals surface area contributed by atoms with E-state index in [2.05, 4.69) is 14.9 Å². The van der Waals surface area contributed by atoms with Crippen LogP contribution in [0.2, 0.25) is 0 Å². The average Bonchev–Trinajstić information content (AvgIpc) is 2.60. The van der Waals surface area contributed by atoms with Gasteiger partial charge in [-0.2, -0.15) is 5.10 Å². The Balaban J connectivity index is 2.41. The second-order valence-corrected chi connectivity index (χ2v) is 6.14. The molecule has 0 aliphatic heterocycles. The smallest absolute Gasteiger partial charge is 0.263 e. The molecule has 0 aliphatic rings. The van der Waals surface area contributed by atoms with E-state index in [-0.39, 0.29) is 10.7 Å². The molecule has 102 valence electrons. The molecule has 4 N–H and O–H groups in total. The standard InChI is InChI=1S/C12H16N4O2S/c1-7-4-5-10(8(2)6-7)19(17,18)16-12-11(13)9(3)14-15-12/h4-6H,13H2,1-3H3,(H2,14,15,16). The Morgan fingerprint density at radius 3 is 2.47 bits per heavy atom. The molecule has 0 radical (unpaired) electrons. The number of anilines is 2. The molecule has 0 bridgehead atoms. The fraction of sp³-hybridized carbons (Fsp3) is 0.250. The van der Waals surface area contributed by atoms with Crippen molar-refractivity contribution in [3.8, 4) is 0 Å². The summed E-state index contributed by atoms with van der Waals surface area (Å²) >= 11 is 0. The third kappa shape index (κ3) is 2.55. The molecule has 0 atom stereocenters. The van der Waals surface area contributed by atoms with Gasteiger partial charge in [-0.1, -0.05) is 17.7 Å². The van der Waals surface area contributed by atoms with Crippen molar-refractivity contribution in [3.63, 3.8) is 0 Å². The summed E-state index contributed by atoms with van der Waals surface area (Å²) in [4.78, 5) is 0.221. The molecule has 0 aliphatic carbocycles. The Labute approximate surface area is 112 Å². The van der Waals surface area contributed by atoms with Gasteiger partial charge in [0.05, 0.1) is 16.3 Å². The summed E-state index contributed by atoms with van der Waals surface area (Å²) in [5.74, 6) is 0.123. The number of hydrogen-bond acceptors (Lipinski definition) is 4. The van der Waals surface area contributed by atoms with Gasteiger partial charge in [0.1, 0.15) is 0 Å². The predicted octanol–water partition coefficient (Wildman–Crippen LogP) is 1.72. The fourth-order valence-corrected chi connectivity index (χ4v) is 3.05. The summed E-state index contributed by atoms with van der Waals surface area (Å²) in [7, 11) is -3.68. The third-order valence-corrected chi connectivity index (χ3v) is 4.34. The summed E-state index contributed by atoms with van der Waals surface area (Å²) < 4.78 is 26.9. The predicted molar refractivity (Wildman–Crippen MR) is 74.5 cm³/mol. The first-order valence-electron chi connectivity index (χ1n) is 5.72. The maximum Gasteiger partial charge on any atom is 0.263 e. The topological polar surface area (TPSA) is 101 Å². The molecule has 6 nitrogen and oxygen atoms in total. The van der Waals surface area contributed by atoms with Gasteiger partial charge in [0.15, 0.2) is 5.82 Å². The highest BCUT2D eigenvalue weighted by atomic mass is 32.2. The average molecular weight is 280 g/mol. The van der Waals surface area contributed by atoms with E-state index < -0.39 is 10.0 Å². The lowest BCUT2D eigenvalue weighted by atomic mass is 10.2. The first-order valence-corrected chi connectivity index (χ1v) is 7.20. The molecule has 0 unspecified atom stereocenters. The number of sulfonamides is 1. The van der Waals surface area contributed by atoms with Gasteiger partial charge >= 0.3 is 0 Å². The van der Waals surface area contributed by atoms with Crippen LogP contribution in [0.5, 0.6) is 0 Å². The zero-order chi connectivity index (χ0) is 14.2. The molecule has 1 aromatic heterocycles. The highest BCUT2D eigenvalue weighted by Crippen LogP contribution is 2.23. The van der Waals surface area contributed by atoms with Crippen LogP contribution in [0.15, 0.2) is 23.1 Å². The summed E-state index contributed by atoms with van der Waals surface area (Å²) in [6, 6.07) is 5.14. The minimum Gasteiger partial charge on any atom is -0.394 e.